The van der Waals surface area contributed by atoms with Gasteiger partial charge in [0.1, 0.15) is 12.5 Å². The summed E-state index contributed by atoms with van der Waals surface area (Å²) in [5.41, 5.74) is 6.48. The number of carbonyl (C=O) groups excluding carboxylic acids is 1. The van der Waals surface area contributed by atoms with Crippen LogP contribution in [0.3, 0.4) is 0 Å². The molecule has 5 aliphatic rings. The van der Waals surface area contributed by atoms with Gasteiger partial charge in [0.15, 0.2) is 0 Å². The Morgan fingerprint density at radius 3 is 2.84 bits per heavy atom. The number of halogens is 2. The van der Waals surface area contributed by atoms with E-state index in [1.54, 1.807) is 0 Å². The van der Waals surface area contributed by atoms with Gasteiger partial charge in [0.2, 0.25) is 0 Å². The quantitative estimate of drug-likeness (QED) is 0.509. The van der Waals surface area contributed by atoms with Crippen molar-refractivity contribution >= 4 is 28.5 Å². The topological polar surface area (TPSA) is 77.2 Å². The van der Waals surface area contributed by atoms with Gasteiger partial charge in [-0.2, -0.15) is 0 Å². The van der Waals surface area contributed by atoms with Gasteiger partial charge in [0, 0.05) is 66.8 Å². The molecule has 0 bridgehead atoms. The SMILES string of the molecule is CN1CC2C1CN2CCCN(C(=O)Nc1ccc(F)c(CF)c1)C1CCC2(C3(C)CN=C(CN)S3)CC12. The molecule has 7 nitrogen and oxygen atoms in total. The van der Waals surface area contributed by atoms with Gasteiger partial charge < -0.3 is 16.0 Å². The Bertz CT molecular complexity index is 1100. The Balaban J connectivity index is 1.15. The normalized spacial score (nSPS) is 36.3. The molecular weight excluding hydrogens is 494 g/mol. The van der Waals surface area contributed by atoms with E-state index in [0.717, 1.165) is 56.9 Å². The zero-order valence-electron chi connectivity index (χ0n) is 21.8. The number of likely N-dealkylation sites (tertiary alicyclic amines) is 2. The first-order chi connectivity index (χ1) is 17.8. The number of thioether (sulfide) groups is 1. The van der Waals surface area contributed by atoms with Gasteiger partial charge in [0.25, 0.3) is 0 Å². The van der Waals surface area contributed by atoms with Crippen molar-refractivity contribution in [1.29, 1.82) is 0 Å². The highest BCUT2D eigenvalue weighted by Gasteiger charge is 2.71. The number of nitrogens with two attached hydrogens (primary N) is 1. The van der Waals surface area contributed by atoms with Gasteiger partial charge in [-0.1, -0.05) is 0 Å². The van der Waals surface area contributed by atoms with Crippen LogP contribution in [0.2, 0.25) is 0 Å². The molecule has 1 aromatic carbocycles. The predicted octanol–water partition coefficient (Wildman–Crippen LogP) is 3.55. The van der Waals surface area contributed by atoms with Crippen LogP contribution in [0, 0.1) is 17.2 Å². The maximum Gasteiger partial charge on any atom is 0.322 e. The number of carbonyl (C=O) groups is 1. The van der Waals surface area contributed by atoms with Crippen molar-refractivity contribution < 1.29 is 13.6 Å². The van der Waals surface area contributed by atoms with Crippen LogP contribution in [-0.2, 0) is 6.67 Å². The van der Waals surface area contributed by atoms with Crippen molar-refractivity contribution in [2.75, 3.05) is 51.6 Å². The number of nitrogens with one attached hydrogen (secondary N) is 1. The lowest BCUT2D eigenvalue weighted by Gasteiger charge is -2.61. The van der Waals surface area contributed by atoms with Crippen LogP contribution in [-0.4, -0.2) is 95.0 Å². The van der Waals surface area contributed by atoms with E-state index in [9.17, 15) is 13.6 Å². The smallest absolute Gasteiger partial charge is 0.322 e. The summed E-state index contributed by atoms with van der Waals surface area (Å²) in [6.07, 6.45) is 4.10. The highest BCUT2D eigenvalue weighted by molar-refractivity contribution is 8.15. The lowest BCUT2D eigenvalue weighted by Crippen LogP contribution is -2.77. The molecular formula is C27H38F2N6OS. The number of rotatable bonds is 9. The van der Waals surface area contributed by atoms with Gasteiger partial charge >= 0.3 is 6.03 Å². The fourth-order valence-corrected chi connectivity index (χ4v) is 8.94. The zero-order chi connectivity index (χ0) is 25.9. The first kappa shape index (κ1) is 25.5. The van der Waals surface area contributed by atoms with Crippen LogP contribution in [0.5, 0.6) is 0 Å². The minimum absolute atomic E-state index is 0.0360. The average molecular weight is 533 g/mol. The Morgan fingerprint density at radius 1 is 1.35 bits per heavy atom. The number of hydrogen-bond acceptors (Lipinski definition) is 6. The molecule has 6 rings (SSSR count). The first-order valence-electron chi connectivity index (χ1n) is 13.6. The Hall–Kier alpha value is -1.75. The molecule has 2 aliphatic carbocycles. The van der Waals surface area contributed by atoms with Crippen LogP contribution >= 0.6 is 11.8 Å². The maximum atomic E-state index is 13.8. The molecule has 3 N–H and O–H groups in total. The molecule has 37 heavy (non-hydrogen) atoms. The highest BCUT2D eigenvalue weighted by atomic mass is 32.2. The fraction of sp³-hybridized carbons (Fsp3) is 0.704. The molecule has 2 saturated carbocycles. The summed E-state index contributed by atoms with van der Waals surface area (Å²) in [5.74, 6) is -0.141. The van der Waals surface area contributed by atoms with E-state index >= 15 is 0 Å². The van der Waals surface area contributed by atoms with Gasteiger partial charge in [-0.05, 0) is 69.2 Å². The predicted molar refractivity (Wildman–Crippen MR) is 144 cm³/mol. The highest BCUT2D eigenvalue weighted by Crippen LogP contribution is 2.73. The Morgan fingerprint density at radius 2 is 2.19 bits per heavy atom. The maximum absolute atomic E-state index is 13.8. The summed E-state index contributed by atoms with van der Waals surface area (Å²) in [4.78, 5) is 25.3. The molecule has 0 aromatic heterocycles. The van der Waals surface area contributed by atoms with E-state index in [1.165, 1.54) is 18.2 Å². The third kappa shape index (κ3) is 4.19. The molecule has 4 fully saturated rings. The summed E-state index contributed by atoms with van der Waals surface area (Å²) >= 11 is 1.84. The van der Waals surface area contributed by atoms with E-state index in [0.29, 0.717) is 36.8 Å². The van der Waals surface area contributed by atoms with E-state index in [-0.39, 0.29) is 27.8 Å². The minimum atomic E-state index is -0.900. The third-order valence-corrected chi connectivity index (χ3v) is 11.5. The van der Waals surface area contributed by atoms with E-state index in [4.69, 9.17) is 10.7 Å². The fourth-order valence-electron chi connectivity index (χ4n) is 7.54. The molecule has 6 atom stereocenters. The summed E-state index contributed by atoms with van der Waals surface area (Å²) in [6.45, 7) is 6.63. The van der Waals surface area contributed by atoms with Gasteiger partial charge in [-0.3, -0.25) is 14.8 Å². The van der Waals surface area contributed by atoms with Crippen LogP contribution in [0.15, 0.2) is 23.2 Å². The second-order valence-electron chi connectivity index (χ2n) is 11.8. The number of anilines is 1. The molecule has 1 aromatic rings. The molecule has 6 unspecified atom stereocenters. The van der Waals surface area contributed by atoms with Gasteiger partial charge in [-0.25, -0.2) is 13.6 Å². The molecule has 2 saturated heterocycles. The van der Waals surface area contributed by atoms with Crippen LogP contribution < -0.4 is 11.1 Å². The summed E-state index contributed by atoms with van der Waals surface area (Å²) in [7, 11) is 2.18. The molecule has 0 radical (unpaired) electrons. The van der Waals surface area contributed by atoms with Crippen LogP contribution in [0.4, 0.5) is 19.3 Å². The number of fused-ring (bicyclic) bond motifs is 2. The monoisotopic (exact) mass is 532 g/mol. The van der Waals surface area contributed by atoms with Crippen molar-refractivity contribution in [3.05, 3.63) is 29.6 Å². The lowest BCUT2D eigenvalue weighted by molar-refractivity contribution is -0.111. The van der Waals surface area contributed by atoms with Crippen molar-refractivity contribution in [3.63, 3.8) is 0 Å². The molecule has 202 valence electrons. The van der Waals surface area contributed by atoms with Crippen molar-refractivity contribution in [2.45, 2.75) is 62.2 Å². The summed E-state index contributed by atoms with van der Waals surface area (Å²) in [5, 5.41) is 3.99. The van der Waals surface area contributed by atoms with Crippen molar-refractivity contribution in [1.82, 2.24) is 14.7 Å². The Labute approximate surface area is 222 Å². The molecule has 0 spiro atoms. The number of piperazine rings is 1. The van der Waals surface area contributed by atoms with E-state index in [1.807, 2.05) is 16.7 Å². The number of hydrogen-bond donors (Lipinski definition) is 2. The lowest BCUT2D eigenvalue weighted by atomic mass is 9.86. The van der Waals surface area contributed by atoms with E-state index < -0.39 is 12.5 Å². The first-order valence-corrected chi connectivity index (χ1v) is 14.4. The molecule has 3 aliphatic heterocycles. The summed E-state index contributed by atoms with van der Waals surface area (Å²) < 4.78 is 27.1. The number of nitrogens with zero attached hydrogens (tertiary/aromatic N) is 4. The third-order valence-electron chi connectivity index (χ3n) is 9.93. The van der Waals surface area contributed by atoms with Crippen molar-refractivity contribution in [3.8, 4) is 0 Å². The minimum Gasteiger partial charge on any atom is -0.325 e. The van der Waals surface area contributed by atoms with Gasteiger partial charge in [-0.15, -0.1) is 11.8 Å². The van der Waals surface area contributed by atoms with E-state index in [2.05, 4.69) is 29.1 Å². The number of aliphatic imine (C=N–C) groups is 1. The second kappa shape index (κ2) is 9.47. The number of amides is 2. The number of benzene rings is 1. The number of alkyl halides is 1. The Kier molecular flexibility index (Phi) is 6.53. The molecule has 2 amide bonds. The molecule has 10 heteroatoms. The number of urea groups is 1. The zero-order valence-corrected chi connectivity index (χ0v) is 22.6. The standard InChI is InChI=1S/C27H38F2N6OS/c1-26(16-31-24(13-30)37-26)27-7-6-21(19(27)11-27)35(9-3-8-34-15-22-23(34)14-33(22)2)25(36)32-18-4-5-20(29)17(10-18)12-28/h4-5,10,19,21-23H,3,6-9,11-16,30H2,1-2H3,(H,32,36). The second-order valence-corrected chi connectivity index (χ2v) is 13.4. The van der Waals surface area contributed by atoms with Crippen LogP contribution in [0.1, 0.15) is 38.2 Å². The molecule has 3 heterocycles. The van der Waals surface area contributed by atoms with Crippen LogP contribution in [0.25, 0.3) is 0 Å². The van der Waals surface area contributed by atoms with Crippen molar-refractivity contribution in [2.24, 2.45) is 22.1 Å². The largest absolute Gasteiger partial charge is 0.325 e. The van der Waals surface area contributed by atoms with Gasteiger partial charge in [0.05, 0.1) is 11.6 Å². The number of likely N-dealkylation sites (N-methyl/N-ethyl adjacent to an activating group) is 1. The summed E-state index contributed by atoms with van der Waals surface area (Å²) in [6, 6.07) is 5.50. The average Bonchev–Trinajstić information content (AvgIpc) is 3.31.